The molecule has 0 aliphatic carbocycles. The second kappa shape index (κ2) is 9.45. The van der Waals surface area contributed by atoms with Crippen LogP contribution in [-0.2, 0) is 4.79 Å². The predicted molar refractivity (Wildman–Crippen MR) is 115 cm³/mol. The highest BCUT2D eigenvalue weighted by Crippen LogP contribution is 2.29. The molecule has 1 atom stereocenters. The number of hydrogen-bond donors (Lipinski definition) is 2. The summed E-state index contributed by atoms with van der Waals surface area (Å²) in [4.78, 5) is 27.0. The number of urea groups is 1. The lowest BCUT2D eigenvalue weighted by Gasteiger charge is -2.34. The molecule has 0 aromatic heterocycles. The van der Waals surface area contributed by atoms with Crippen LogP contribution >= 0.6 is 0 Å². The molecule has 6 nitrogen and oxygen atoms in total. The summed E-state index contributed by atoms with van der Waals surface area (Å²) < 4.78 is 5.35. The molecule has 0 bridgehead atoms. The Kier molecular flexibility index (Phi) is 6.75. The van der Waals surface area contributed by atoms with Gasteiger partial charge in [-0.2, -0.15) is 0 Å². The molecule has 0 unspecified atom stereocenters. The second-order valence-electron chi connectivity index (χ2n) is 7.60. The maximum atomic E-state index is 12.8. The summed E-state index contributed by atoms with van der Waals surface area (Å²) in [5, 5.41) is 5.93. The minimum Gasteiger partial charge on any atom is -0.495 e. The molecule has 1 saturated heterocycles. The number of anilines is 2. The van der Waals surface area contributed by atoms with Gasteiger partial charge in [0.15, 0.2) is 0 Å². The van der Waals surface area contributed by atoms with E-state index in [1.54, 1.807) is 7.11 Å². The molecule has 3 amide bonds. The van der Waals surface area contributed by atoms with E-state index >= 15 is 0 Å². The van der Waals surface area contributed by atoms with E-state index < -0.39 is 0 Å². The molecule has 0 saturated carbocycles. The van der Waals surface area contributed by atoms with E-state index in [0.717, 1.165) is 24.1 Å². The van der Waals surface area contributed by atoms with Gasteiger partial charge in [0.25, 0.3) is 0 Å². The van der Waals surface area contributed by atoms with Gasteiger partial charge in [0.2, 0.25) is 5.91 Å². The number of nitrogens with one attached hydrogen (secondary N) is 2. The highest BCUT2D eigenvalue weighted by atomic mass is 16.5. The maximum absolute atomic E-state index is 12.8. The number of hydrogen-bond acceptors (Lipinski definition) is 3. The number of amides is 3. The molecular weight excluding hydrogens is 366 g/mol. The van der Waals surface area contributed by atoms with Gasteiger partial charge in [-0.25, -0.2) is 4.79 Å². The lowest BCUT2D eigenvalue weighted by atomic mass is 9.85. The van der Waals surface area contributed by atoms with E-state index in [-0.39, 0.29) is 23.8 Å². The van der Waals surface area contributed by atoms with Crippen molar-refractivity contribution in [2.24, 2.45) is 11.8 Å². The van der Waals surface area contributed by atoms with Crippen molar-refractivity contribution in [3.8, 4) is 5.75 Å². The van der Waals surface area contributed by atoms with E-state index in [1.807, 2.05) is 67.3 Å². The number of likely N-dealkylation sites (tertiary alicyclic amines) is 1. The normalized spacial score (nSPS) is 15.5. The highest BCUT2D eigenvalue weighted by molar-refractivity contribution is 5.94. The van der Waals surface area contributed by atoms with Crippen molar-refractivity contribution in [1.82, 2.24) is 4.90 Å². The van der Waals surface area contributed by atoms with Gasteiger partial charge < -0.3 is 20.3 Å². The molecule has 2 aromatic rings. The van der Waals surface area contributed by atoms with Crippen LogP contribution in [0.3, 0.4) is 0 Å². The summed E-state index contributed by atoms with van der Waals surface area (Å²) in [6.07, 6.45) is 1.61. The number of carbonyl (C=O) groups is 2. The molecule has 1 heterocycles. The molecule has 2 N–H and O–H groups in total. The zero-order valence-corrected chi connectivity index (χ0v) is 17.3. The largest absolute Gasteiger partial charge is 0.495 e. The molecule has 1 fully saturated rings. The lowest BCUT2D eigenvalue weighted by Crippen LogP contribution is -2.43. The van der Waals surface area contributed by atoms with Crippen LogP contribution in [0.1, 0.15) is 25.3 Å². The summed E-state index contributed by atoms with van der Waals surface area (Å²) in [6.45, 7) is 5.24. The zero-order valence-electron chi connectivity index (χ0n) is 17.3. The average molecular weight is 396 g/mol. The van der Waals surface area contributed by atoms with Gasteiger partial charge in [-0.05, 0) is 55.5 Å². The fourth-order valence-electron chi connectivity index (χ4n) is 3.71. The summed E-state index contributed by atoms with van der Waals surface area (Å²) in [6, 6.07) is 15.1. The van der Waals surface area contributed by atoms with Crippen molar-refractivity contribution in [1.29, 1.82) is 0 Å². The number of para-hydroxylation sites is 1. The zero-order chi connectivity index (χ0) is 20.8. The van der Waals surface area contributed by atoms with Crippen LogP contribution < -0.4 is 15.4 Å². The summed E-state index contributed by atoms with van der Waals surface area (Å²) in [5.74, 6) is 0.746. The molecule has 0 radical (unpaired) electrons. The van der Waals surface area contributed by atoms with Crippen LogP contribution in [0, 0.1) is 18.8 Å². The van der Waals surface area contributed by atoms with Gasteiger partial charge in [-0.15, -0.1) is 0 Å². The Morgan fingerprint density at radius 2 is 1.76 bits per heavy atom. The van der Waals surface area contributed by atoms with E-state index in [9.17, 15) is 9.59 Å². The molecule has 2 aromatic carbocycles. The summed E-state index contributed by atoms with van der Waals surface area (Å²) in [5.41, 5.74) is 2.55. The standard InChI is InChI=1S/C23H29N3O3/c1-16-9-10-21(29-3)20(15-16)25-22(27)17(2)18-11-13-26(14-12-18)23(28)24-19-7-5-4-6-8-19/h4-10,15,17-18H,11-14H2,1-3H3,(H,24,28)(H,25,27)/t17-/m0/s1. The number of nitrogens with zero attached hydrogens (tertiary/aromatic N) is 1. The van der Waals surface area contributed by atoms with Crippen LogP contribution in [0.4, 0.5) is 16.2 Å². The smallest absolute Gasteiger partial charge is 0.321 e. The van der Waals surface area contributed by atoms with Crippen LogP contribution in [0.15, 0.2) is 48.5 Å². The Morgan fingerprint density at radius 1 is 1.07 bits per heavy atom. The van der Waals surface area contributed by atoms with Crippen molar-refractivity contribution in [3.63, 3.8) is 0 Å². The van der Waals surface area contributed by atoms with Crippen molar-refractivity contribution in [2.45, 2.75) is 26.7 Å². The number of rotatable bonds is 5. The van der Waals surface area contributed by atoms with Crippen LogP contribution in [0.5, 0.6) is 5.75 Å². The lowest BCUT2D eigenvalue weighted by molar-refractivity contribution is -0.121. The molecule has 154 valence electrons. The molecule has 1 aliphatic rings. The molecular formula is C23H29N3O3. The van der Waals surface area contributed by atoms with Crippen LogP contribution in [0.2, 0.25) is 0 Å². The van der Waals surface area contributed by atoms with Crippen molar-refractivity contribution >= 4 is 23.3 Å². The minimum absolute atomic E-state index is 0.0129. The third-order valence-electron chi connectivity index (χ3n) is 5.59. The first-order chi connectivity index (χ1) is 14.0. The summed E-state index contributed by atoms with van der Waals surface area (Å²) >= 11 is 0. The van der Waals surface area contributed by atoms with E-state index in [0.29, 0.717) is 24.5 Å². The number of carbonyl (C=O) groups excluding carboxylic acids is 2. The molecule has 3 rings (SSSR count). The van der Waals surface area contributed by atoms with Crippen LogP contribution in [0.25, 0.3) is 0 Å². The van der Waals surface area contributed by atoms with E-state index in [4.69, 9.17) is 4.74 Å². The Hall–Kier alpha value is -3.02. The number of benzene rings is 2. The Balaban J connectivity index is 1.53. The van der Waals surface area contributed by atoms with Crippen molar-refractivity contribution in [3.05, 3.63) is 54.1 Å². The fourth-order valence-corrected chi connectivity index (χ4v) is 3.71. The number of aryl methyl sites for hydroxylation is 1. The quantitative estimate of drug-likeness (QED) is 0.782. The highest BCUT2D eigenvalue weighted by Gasteiger charge is 2.30. The predicted octanol–water partition coefficient (Wildman–Crippen LogP) is 4.52. The Bertz CT molecular complexity index is 846. The fraction of sp³-hybridized carbons (Fsp3) is 0.391. The monoisotopic (exact) mass is 395 g/mol. The first-order valence-corrected chi connectivity index (χ1v) is 10.0. The third kappa shape index (κ3) is 5.28. The number of methoxy groups -OCH3 is 1. The topological polar surface area (TPSA) is 70.7 Å². The van der Waals surface area contributed by atoms with Gasteiger partial charge >= 0.3 is 6.03 Å². The molecule has 6 heteroatoms. The van der Waals surface area contributed by atoms with Gasteiger partial charge in [0, 0.05) is 24.7 Å². The van der Waals surface area contributed by atoms with Gasteiger partial charge in [-0.1, -0.05) is 31.2 Å². The van der Waals surface area contributed by atoms with Gasteiger partial charge in [0.05, 0.1) is 12.8 Å². The molecule has 0 spiro atoms. The second-order valence-corrected chi connectivity index (χ2v) is 7.60. The SMILES string of the molecule is COc1ccc(C)cc1NC(=O)[C@@H](C)C1CCN(C(=O)Nc2ccccc2)CC1. The average Bonchev–Trinajstić information content (AvgIpc) is 2.74. The number of piperidine rings is 1. The number of ether oxygens (including phenoxy) is 1. The third-order valence-corrected chi connectivity index (χ3v) is 5.59. The first kappa shape index (κ1) is 20.7. The minimum atomic E-state index is -0.139. The molecule has 29 heavy (non-hydrogen) atoms. The van der Waals surface area contributed by atoms with E-state index in [2.05, 4.69) is 10.6 Å². The molecule has 1 aliphatic heterocycles. The maximum Gasteiger partial charge on any atom is 0.321 e. The van der Waals surface area contributed by atoms with Gasteiger partial charge in [-0.3, -0.25) is 4.79 Å². The Morgan fingerprint density at radius 3 is 2.41 bits per heavy atom. The Labute approximate surface area is 172 Å². The van der Waals surface area contributed by atoms with Crippen LogP contribution in [-0.4, -0.2) is 37.0 Å². The summed E-state index contributed by atoms with van der Waals surface area (Å²) in [7, 11) is 1.60. The van der Waals surface area contributed by atoms with E-state index in [1.165, 1.54) is 0 Å². The van der Waals surface area contributed by atoms with Crippen molar-refractivity contribution in [2.75, 3.05) is 30.8 Å². The van der Waals surface area contributed by atoms with Crippen molar-refractivity contribution < 1.29 is 14.3 Å². The first-order valence-electron chi connectivity index (χ1n) is 10.0. The van der Waals surface area contributed by atoms with Gasteiger partial charge in [0.1, 0.15) is 5.75 Å².